The molecule has 12 nitrogen and oxygen atoms in total. The van der Waals surface area contributed by atoms with E-state index in [1.165, 1.54) is 11.6 Å². The van der Waals surface area contributed by atoms with Gasteiger partial charge in [-0.1, -0.05) is 110 Å². The van der Waals surface area contributed by atoms with E-state index in [9.17, 15) is 22.8 Å². The molecule has 1 rings (SSSR count). The molecule has 0 saturated carbocycles. The second-order valence-electron chi connectivity index (χ2n) is 12.9. The van der Waals surface area contributed by atoms with Crippen molar-refractivity contribution in [3.05, 3.63) is 107 Å². The molecule has 0 spiro atoms. The fourth-order valence-corrected chi connectivity index (χ4v) is 5.23. The first kappa shape index (κ1) is 46.9. The number of amides is 2. The molecule has 0 aromatic heterocycles. The van der Waals surface area contributed by atoms with E-state index in [0.29, 0.717) is 5.57 Å². The number of hydrogen-bond donors (Lipinski definition) is 3. The lowest BCUT2D eigenvalue weighted by atomic mass is 9.96. The van der Waals surface area contributed by atoms with Gasteiger partial charge in [0.05, 0.1) is 18.8 Å². The number of nitrogens with one attached hydrogen (secondary N) is 2. The first-order chi connectivity index (χ1) is 25.1. The maximum atomic E-state index is 13.1. The van der Waals surface area contributed by atoms with Gasteiger partial charge in [-0.25, -0.2) is 8.98 Å². The normalized spacial score (nSPS) is 24.0. The minimum atomic E-state index is -4.80. The van der Waals surface area contributed by atoms with Gasteiger partial charge in [0.1, 0.15) is 12.1 Å². The van der Waals surface area contributed by atoms with E-state index in [0.717, 1.165) is 30.4 Å². The number of cyclic esters (lactones) is 1. The number of carbonyl (C=O) groups is 3. The molecule has 0 saturated heterocycles. The lowest BCUT2D eigenvalue weighted by Crippen LogP contribution is -2.47. The number of rotatable bonds is 12. The zero-order valence-corrected chi connectivity index (χ0v) is 33.0. The Hall–Kier alpha value is -4.14. The summed E-state index contributed by atoms with van der Waals surface area (Å²) in [6.07, 6.45) is 28.9. The van der Waals surface area contributed by atoms with Crippen molar-refractivity contribution in [2.24, 2.45) is 11.8 Å². The van der Waals surface area contributed by atoms with Crippen LogP contribution in [0.15, 0.2) is 107 Å². The van der Waals surface area contributed by atoms with Crippen LogP contribution in [-0.2, 0) is 43.2 Å². The van der Waals surface area contributed by atoms with E-state index < -0.39 is 41.0 Å². The summed E-state index contributed by atoms with van der Waals surface area (Å²) >= 11 is 0. The van der Waals surface area contributed by atoms with Gasteiger partial charge < -0.3 is 24.8 Å². The van der Waals surface area contributed by atoms with Gasteiger partial charge in [0.25, 0.3) is 0 Å². The Labute approximate surface area is 316 Å². The summed E-state index contributed by atoms with van der Waals surface area (Å²) in [5.74, 6) is -1.48. The first-order valence-corrected chi connectivity index (χ1v) is 18.9. The van der Waals surface area contributed by atoms with Crippen LogP contribution in [0.25, 0.3) is 0 Å². The number of methoxy groups -OCH3 is 2. The van der Waals surface area contributed by atoms with Crippen LogP contribution in [0.5, 0.6) is 0 Å². The molecule has 1 heterocycles. The van der Waals surface area contributed by atoms with Gasteiger partial charge in [-0.15, -0.1) is 0 Å². The molecule has 0 aromatic rings. The highest BCUT2D eigenvalue weighted by Gasteiger charge is 2.22. The van der Waals surface area contributed by atoms with Crippen molar-refractivity contribution in [3.8, 4) is 0 Å². The van der Waals surface area contributed by atoms with E-state index in [1.807, 2.05) is 64.2 Å². The molecule has 6 atom stereocenters. The van der Waals surface area contributed by atoms with Crippen molar-refractivity contribution in [2.75, 3.05) is 27.4 Å². The zero-order chi connectivity index (χ0) is 39.8. The second kappa shape index (κ2) is 25.8. The Balaban J connectivity index is 3.30. The zero-order valence-electron chi connectivity index (χ0n) is 32.2. The number of hydrogen-bond acceptors (Lipinski definition) is 9. The minimum Gasteiger partial charge on any atom is -0.454 e. The number of esters is 1. The van der Waals surface area contributed by atoms with Gasteiger partial charge in [0, 0.05) is 32.8 Å². The van der Waals surface area contributed by atoms with E-state index >= 15 is 0 Å². The Morgan fingerprint density at radius 1 is 1.00 bits per heavy atom. The predicted octanol–water partition coefficient (Wildman–Crippen LogP) is 6.00. The fourth-order valence-electron chi connectivity index (χ4n) is 4.92. The van der Waals surface area contributed by atoms with Crippen molar-refractivity contribution in [1.29, 1.82) is 0 Å². The van der Waals surface area contributed by atoms with Crippen LogP contribution in [0.4, 0.5) is 0 Å². The molecule has 0 radical (unpaired) electrons. The lowest BCUT2D eigenvalue weighted by Gasteiger charge is -2.22. The SMILES string of the molecule is COC1C=C(C)C=CC(C)C=CC(=O)OC(C(C)=CC=C(C)CNC(=O)C(COS(=O)(=O)O)NC=O)C(C)C=CC=CC(OC)CCC=C(C)C=CC1. The Bertz CT molecular complexity index is 1570. The van der Waals surface area contributed by atoms with Crippen molar-refractivity contribution in [2.45, 2.75) is 85.2 Å². The maximum Gasteiger partial charge on any atom is 0.397 e. The molecule has 2 amide bonds. The van der Waals surface area contributed by atoms with Crippen molar-refractivity contribution >= 4 is 28.7 Å². The highest BCUT2D eigenvalue weighted by Crippen LogP contribution is 2.20. The Kier molecular flexibility index (Phi) is 22.8. The average molecular weight is 759 g/mol. The van der Waals surface area contributed by atoms with Crippen LogP contribution in [0.3, 0.4) is 0 Å². The standard InChI is InChI=1S/C40H58N2O10S/c1-29-13-11-17-35(49-7)16-10-9-15-33(5)39(52-38(44)24-22-30(2)19-20-31(3)25-36(50-8)18-12-14-29)34(6)23-21-32(4)26-41-40(45)37(42-28-43)27-51-53(46,47)48/h9-10,12-16,19-25,28,30,33,35-37,39H,11,17-18,26-27H2,1-8H3,(H,41,45)(H,42,43)(H,46,47,48). The summed E-state index contributed by atoms with van der Waals surface area (Å²) in [4.78, 5) is 36.5. The van der Waals surface area contributed by atoms with Crippen LogP contribution >= 0.6 is 0 Å². The highest BCUT2D eigenvalue weighted by molar-refractivity contribution is 7.80. The van der Waals surface area contributed by atoms with E-state index in [1.54, 1.807) is 39.4 Å². The third-order valence-corrected chi connectivity index (χ3v) is 8.52. The highest BCUT2D eigenvalue weighted by atomic mass is 32.3. The second-order valence-corrected chi connectivity index (χ2v) is 14.0. The summed E-state index contributed by atoms with van der Waals surface area (Å²) in [5.41, 5.74) is 3.66. The summed E-state index contributed by atoms with van der Waals surface area (Å²) in [6, 6.07) is -1.35. The predicted molar refractivity (Wildman–Crippen MR) is 208 cm³/mol. The van der Waals surface area contributed by atoms with Crippen LogP contribution in [-0.4, -0.2) is 83.0 Å². The minimum absolute atomic E-state index is 0.0434. The van der Waals surface area contributed by atoms with Gasteiger partial charge in [0.15, 0.2) is 0 Å². The molecule has 294 valence electrons. The van der Waals surface area contributed by atoms with Gasteiger partial charge in [-0.2, -0.15) is 8.42 Å². The molecule has 1 aliphatic rings. The average Bonchev–Trinajstić information content (AvgIpc) is 3.11. The van der Waals surface area contributed by atoms with E-state index in [4.69, 9.17) is 18.8 Å². The number of allylic oxidation sites excluding steroid dienone is 11. The largest absolute Gasteiger partial charge is 0.454 e. The van der Waals surface area contributed by atoms with Gasteiger partial charge in [-0.3, -0.25) is 14.1 Å². The van der Waals surface area contributed by atoms with Crippen LogP contribution in [0.1, 0.15) is 60.8 Å². The molecule has 13 heteroatoms. The van der Waals surface area contributed by atoms with Crippen LogP contribution in [0.2, 0.25) is 0 Å². The Morgan fingerprint density at radius 3 is 2.34 bits per heavy atom. The summed E-state index contributed by atoms with van der Waals surface area (Å²) < 4.78 is 52.1. The maximum absolute atomic E-state index is 13.1. The quantitative estimate of drug-likeness (QED) is 0.0930. The molecule has 0 aliphatic carbocycles. The van der Waals surface area contributed by atoms with Crippen molar-refractivity contribution < 1.29 is 45.7 Å². The molecule has 53 heavy (non-hydrogen) atoms. The summed E-state index contributed by atoms with van der Waals surface area (Å²) in [6.45, 7) is 10.9. The van der Waals surface area contributed by atoms with Gasteiger partial charge in [-0.05, 0) is 58.4 Å². The molecule has 0 fully saturated rings. The van der Waals surface area contributed by atoms with Gasteiger partial charge in [0.2, 0.25) is 12.3 Å². The fraction of sp³-hybridized carbons (Fsp3) is 0.475. The number of carbonyl (C=O) groups excluding carboxylic acids is 3. The lowest BCUT2D eigenvalue weighted by molar-refractivity contribution is -0.142. The van der Waals surface area contributed by atoms with E-state index in [-0.39, 0.29) is 37.0 Å². The topological polar surface area (TPSA) is 167 Å². The van der Waals surface area contributed by atoms with Crippen LogP contribution in [0, 0.1) is 11.8 Å². The summed E-state index contributed by atoms with van der Waals surface area (Å²) in [5, 5.41) is 4.73. The molecule has 6 unspecified atom stereocenters. The molecular weight excluding hydrogens is 701 g/mol. The monoisotopic (exact) mass is 758 g/mol. The van der Waals surface area contributed by atoms with Crippen LogP contribution < -0.4 is 10.6 Å². The van der Waals surface area contributed by atoms with Crippen molar-refractivity contribution in [1.82, 2.24) is 10.6 Å². The molecule has 0 bridgehead atoms. The molecular formula is C40H58N2O10S. The first-order valence-electron chi connectivity index (χ1n) is 17.5. The van der Waals surface area contributed by atoms with Crippen molar-refractivity contribution in [3.63, 3.8) is 0 Å². The van der Waals surface area contributed by atoms with Gasteiger partial charge >= 0.3 is 16.4 Å². The number of ether oxygens (including phenoxy) is 3. The third-order valence-electron chi connectivity index (χ3n) is 8.08. The molecule has 1 aliphatic heterocycles. The third kappa shape index (κ3) is 21.9. The molecule has 3 N–H and O–H groups in total. The summed E-state index contributed by atoms with van der Waals surface area (Å²) in [7, 11) is -1.43. The van der Waals surface area contributed by atoms with E-state index in [2.05, 4.69) is 46.0 Å². The molecule has 0 aromatic carbocycles. The smallest absolute Gasteiger partial charge is 0.397 e. The Morgan fingerprint density at radius 2 is 1.68 bits per heavy atom.